The third-order valence-electron chi connectivity index (χ3n) is 1.92. The fourth-order valence-electron chi connectivity index (χ4n) is 1.24. The van der Waals surface area contributed by atoms with Crippen molar-refractivity contribution in [3.63, 3.8) is 0 Å². The van der Waals surface area contributed by atoms with Crippen molar-refractivity contribution in [1.82, 2.24) is 15.4 Å². The van der Waals surface area contributed by atoms with Crippen LogP contribution in [0.2, 0.25) is 0 Å². The van der Waals surface area contributed by atoms with Gasteiger partial charge in [0, 0.05) is 0 Å². The van der Waals surface area contributed by atoms with Crippen LogP contribution in [-0.2, 0) is 0 Å². The maximum absolute atomic E-state index is 10.7. The Morgan fingerprint density at radius 3 is 3.00 bits per heavy atom. The van der Waals surface area contributed by atoms with Crippen LogP contribution < -0.4 is 0 Å². The van der Waals surface area contributed by atoms with Crippen LogP contribution in [0.1, 0.15) is 15.9 Å². The van der Waals surface area contributed by atoms with E-state index in [-0.39, 0.29) is 5.56 Å². The molecule has 1 aromatic carbocycles. The molecule has 1 heterocycles. The van der Waals surface area contributed by atoms with Crippen molar-refractivity contribution in [2.45, 2.75) is 6.92 Å². The first-order chi connectivity index (χ1) is 6.20. The number of fused-ring (bicyclic) bond motifs is 1. The second-order valence-corrected chi connectivity index (χ2v) is 2.77. The van der Waals surface area contributed by atoms with Crippen LogP contribution in [0.25, 0.3) is 11.0 Å². The summed E-state index contributed by atoms with van der Waals surface area (Å²) in [6.07, 6.45) is 0. The highest BCUT2D eigenvalue weighted by molar-refractivity contribution is 6.01. The number of aromatic amines is 1. The quantitative estimate of drug-likeness (QED) is 0.680. The van der Waals surface area contributed by atoms with Gasteiger partial charge in [-0.25, -0.2) is 4.79 Å². The molecule has 0 saturated carbocycles. The number of nitrogens with zero attached hydrogens (tertiary/aromatic N) is 2. The first kappa shape index (κ1) is 7.72. The lowest BCUT2D eigenvalue weighted by Gasteiger charge is -1.97. The van der Waals surface area contributed by atoms with Crippen molar-refractivity contribution in [3.05, 3.63) is 23.3 Å². The van der Waals surface area contributed by atoms with E-state index >= 15 is 0 Å². The van der Waals surface area contributed by atoms with Crippen molar-refractivity contribution in [2.24, 2.45) is 0 Å². The molecule has 0 radical (unpaired) electrons. The van der Waals surface area contributed by atoms with E-state index in [1.165, 1.54) is 0 Å². The van der Waals surface area contributed by atoms with Crippen molar-refractivity contribution in [2.75, 3.05) is 0 Å². The minimum absolute atomic E-state index is 0.200. The molecule has 66 valence electrons. The summed E-state index contributed by atoms with van der Waals surface area (Å²) in [4.78, 5) is 10.7. The molecule has 0 aliphatic carbocycles. The van der Waals surface area contributed by atoms with Gasteiger partial charge in [-0.3, -0.25) is 5.10 Å². The highest BCUT2D eigenvalue weighted by Crippen LogP contribution is 2.17. The molecule has 5 heteroatoms. The van der Waals surface area contributed by atoms with Gasteiger partial charge in [-0.1, -0.05) is 11.3 Å². The Balaban J connectivity index is 2.86. The largest absolute Gasteiger partial charge is 0.478 e. The first-order valence-electron chi connectivity index (χ1n) is 3.74. The number of carboxylic acids is 1. The summed E-state index contributed by atoms with van der Waals surface area (Å²) >= 11 is 0. The SMILES string of the molecule is Cc1ccc(C(=O)O)c2[nH]nnc12. The van der Waals surface area contributed by atoms with Gasteiger partial charge >= 0.3 is 5.97 Å². The molecule has 0 aliphatic heterocycles. The minimum atomic E-state index is -0.976. The van der Waals surface area contributed by atoms with Crippen LogP contribution in [0.15, 0.2) is 12.1 Å². The molecule has 0 atom stereocenters. The smallest absolute Gasteiger partial charge is 0.337 e. The Morgan fingerprint density at radius 2 is 2.31 bits per heavy atom. The minimum Gasteiger partial charge on any atom is -0.478 e. The third kappa shape index (κ3) is 1.05. The van der Waals surface area contributed by atoms with Crippen LogP contribution >= 0.6 is 0 Å². The Morgan fingerprint density at radius 1 is 1.54 bits per heavy atom. The predicted octanol–water partition coefficient (Wildman–Crippen LogP) is 0.965. The maximum Gasteiger partial charge on any atom is 0.337 e. The molecule has 0 fully saturated rings. The molecule has 0 aliphatic rings. The number of carbonyl (C=O) groups is 1. The summed E-state index contributed by atoms with van der Waals surface area (Å²) in [5, 5.41) is 18.7. The monoisotopic (exact) mass is 177 g/mol. The number of aromatic nitrogens is 3. The Kier molecular flexibility index (Phi) is 1.51. The number of H-pyrrole nitrogens is 1. The van der Waals surface area contributed by atoms with E-state index in [0.29, 0.717) is 11.0 Å². The lowest BCUT2D eigenvalue weighted by Crippen LogP contribution is -1.97. The molecule has 0 amide bonds. The molecule has 1 aromatic heterocycles. The Hall–Kier alpha value is -1.91. The van der Waals surface area contributed by atoms with E-state index in [0.717, 1.165) is 5.56 Å². The van der Waals surface area contributed by atoms with E-state index in [4.69, 9.17) is 5.11 Å². The van der Waals surface area contributed by atoms with E-state index < -0.39 is 5.97 Å². The van der Waals surface area contributed by atoms with Gasteiger partial charge in [0.2, 0.25) is 0 Å². The lowest BCUT2D eigenvalue weighted by atomic mass is 10.1. The third-order valence-corrected chi connectivity index (χ3v) is 1.92. The number of hydrogen-bond acceptors (Lipinski definition) is 3. The number of rotatable bonds is 1. The molecular weight excluding hydrogens is 170 g/mol. The molecule has 13 heavy (non-hydrogen) atoms. The molecule has 0 bridgehead atoms. The van der Waals surface area contributed by atoms with Crippen LogP contribution in [0.3, 0.4) is 0 Å². The van der Waals surface area contributed by atoms with Crippen molar-refractivity contribution in [3.8, 4) is 0 Å². The molecule has 0 saturated heterocycles. The standard InChI is InChI=1S/C8H7N3O2/c1-4-2-3-5(8(12)13)7-6(4)9-11-10-7/h2-3H,1H3,(H,12,13)(H,9,10,11). The van der Waals surface area contributed by atoms with Crippen LogP contribution in [-0.4, -0.2) is 26.5 Å². The van der Waals surface area contributed by atoms with Crippen LogP contribution in [0.4, 0.5) is 0 Å². The Labute approximate surface area is 73.4 Å². The van der Waals surface area contributed by atoms with Crippen molar-refractivity contribution < 1.29 is 9.90 Å². The number of carboxylic acid groups (broad SMARTS) is 1. The van der Waals surface area contributed by atoms with Gasteiger partial charge < -0.3 is 5.11 Å². The second kappa shape index (κ2) is 2.55. The number of nitrogens with one attached hydrogen (secondary N) is 1. The molecule has 2 N–H and O–H groups in total. The fraction of sp³-hybridized carbons (Fsp3) is 0.125. The summed E-state index contributed by atoms with van der Waals surface area (Å²) in [5.74, 6) is -0.976. The fourth-order valence-corrected chi connectivity index (χ4v) is 1.24. The van der Waals surface area contributed by atoms with E-state index in [1.807, 2.05) is 6.92 Å². The summed E-state index contributed by atoms with van der Waals surface area (Å²) in [5.41, 5.74) is 2.20. The van der Waals surface area contributed by atoms with Crippen LogP contribution in [0.5, 0.6) is 0 Å². The maximum atomic E-state index is 10.7. The summed E-state index contributed by atoms with van der Waals surface area (Å²) < 4.78 is 0. The van der Waals surface area contributed by atoms with Gasteiger partial charge in [0.15, 0.2) is 0 Å². The molecule has 2 aromatic rings. The van der Waals surface area contributed by atoms with Crippen molar-refractivity contribution >= 4 is 17.0 Å². The number of benzene rings is 1. The van der Waals surface area contributed by atoms with Gasteiger partial charge in [-0.15, -0.1) is 5.10 Å². The number of aryl methyl sites for hydroxylation is 1. The zero-order chi connectivity index (χ0) is 9.42. The average Bonchev–Trinajstić information content (AvgIpc) is 2.53. The molecule has 0 spiro atoms. The lowest BCUT2D eigenvalue weighted by molar-refractivity contribution is 0.0699. The highest BCUT2D eigenvalue weighted by Gasteiger charge is 2.11. The Bertz CT molecular complexity index is 475. The molecule has 5 nitrogen and oxygen atoms in total. The van der Waals surface area contributed by atoms with E-state index in [9.17, 15) is 4.79 Å². The van der Waals surface area contributed by atoms with Crippen LogP contribution in [0, 0.1) is 6.92 Å². The van der Waals surface area contributed by atoms with Gasteiger partial charge in [0.1, 0.15) is 11.0 Å². The predicted molar refractivity (Wildman–Crippen MR) is 45.6 cm³/mol. The topological polar surface area (TPSA) is 78.9 Å². The van der Waals surface area contributed by atoms with Gasteiger partial charge in [-0.2, -0.15) is 0 Å². The van der Waals surface area contributed by atoms with Crippen molar-refractivity contribution in [1.29, 1.82) is 0 Å². The second-order valence-electron chi connectivity index (χ2n) is 2.77. The summed E-state index contributed by atoms with van der Waals surface area (Å²) in [6, 6.07) is 3.26. The summed E-state index contributed by atoms with van der Waals surface area (Å²) in [7, 11) is 0. The zero-order valence-corrected chi connectivity index (χ0v) is 6.90. The molecule has 0 unspecified atom stereocenters. The van der Waals surface area contributed by atoms with E-state index in [1.54, 1.807) is 12.1 Å². The molecule has 2 rings (SSSR count). The number of hydrogen-bond donors (Lipinski definition) is 2. The first-order valence-corrected chi connectivity index (χ1v) is 3.74. The van der Waals surface area contributed by atoms with Gasteiger partial charge in [-0.05, 0) is 18.6 Å². The average molecular weight is 177 g/mol. The number of aromatic carboxylic acids is 1. The normalized spacial score (nSPS) is 10.5. The molecular formula is C8H7N3O2. The summed E-state index contributed by atoms with van der Waals surface area (Å²) in [6.45, 7) is 1.86. The van der Waals surface area contributed by atoms with E-state index in [2.05, 4.69) is 15.4 Å². The zero-order valence-electron chi connectivity index (χ0n) is 6.90. The van der Waals surface area contributed by atoms with Gasteiger partial charge in [0.25, 0.3) is 0 Å². The highest BCUT2D eigenvalue weighted by atomic mass is 16.4. The van der Waals surface area contributed by atoms with Gasteiger partial charge in [0.05, 0.1) is 5.56 Å².